The van der Waals surface area contributed by atoms with Crippen LogP contribution in [0, 0.1) is 18.8 Å². The van der Waals surface area contributed by atoms with Crippen molar-refractivity contribution in [1.29, 1.82) is 0 Å². The Morgan fingerprint density at radius 2 is 2.06 bits per heavy atom. The molecule has 1 aromatic rings. The maximum Gasteiger partial charge on any atom is 0.131 e. The molecule has 0 amide bonds. The van der Waals surface area contributed by atoms with Gasteiger partial charge < -0.3 is 10.0 Å². The van der Waals surface area contributed by atoms with E-state index in [0.29, 0.717) is 0 Å². The van der Waals surface area contributed by atoms with Crippen LogP contribution >= 0.6 is 0 Å². The van der Waals surface area contributed by atoms with Crippen LogP contribution in [0.3, 0.4) is 0 Å². The molecule has 2 rings (SSSR count). The second-order valence-corrected chi connectivity index (χ2v) is 5.71. The van der Waals surface area contributed by atoms with Crippen molar-refractivity contribution < 1.29 is 5.11 Å². The van der Waals surface area contributed by atoms with E-state index in [-0.39, 0.29) is 6.61 Å². The molecule has 0 bridgehead atoms. The van der Waals surface area contributed by atoms with Crippen molar-refractivity contribution in [3.8, 4) is 0 Å². The Kier molecular flexibility index (Phi) is 4.23. The molecule has 0 aliphatic carbocycles. The predicted molar refractivity (Wildman–Crippen MR) is 74.7 cm³/mol. The molecule has 1 fully saturated rings. The molecule has 1 aliphatic rings. The minimum atomic E-state index is 0.0730. The summed E-state index contributed by atoms with van der Waals surface area (Å²) in [5.74, 6) is 2.74. The Morgan fingerprint density at radius 1 is 1.39 bits per heavy atom. The summed E-state index contributed by atoms with van der Waals surface area (Å²) < 4.78 is 0. The van der Waals surface area contributed by atoms with E-state index in [1.165, 1.54) is 18.4 Å². The Hall–Kier alpha value is -1.09. The normalized spacial score (nSPS) is 17.5. The molecule has 0 atom stereocenters. The van der Waals surface area contributed by atoms with Crippen LogP contribution in [0.2, 0.25) is 0 Å². The summed E-state index contributed by atoms with van der Waals surface area (Å²) in [6.07, 6.45) is 4.32. The van der Waals surface area contributed by atoms with E-state index >= 15 is 0 Å². The van der Waals surface area contributed by atoms with E-state index in [9.17, 15) is 0 Å². The molecule has 0 aromatic carbocycles. The second-order valence-electron chi connectivity index (χ2n) is 5.71. The van der Waals surface area contributed by atoms with Crippen LogP contribution in [0.25, 0.3) is 0 Å². The maximum absolute atomic E-state index is 9.11. The van der Waals surface area contributed by atoms with Gasteiger partial charge in [0.2, 0.25) is 0 Å². The molecule has 1 N–H and O–H groups in total. The van der Waals surface area contributed by atoms with Gasteiger partial charge in [-0.25, -0.2) is 4.98 Å². The number of rotatable bonds is 3. The second kappa shape index (κ2) is 5.70. The predicted octanol–water partition coefficient (Wildman–Crippen LogP) is 2.75. The highest BCUT2D eigenvalue weighted by atomic mass is 16.3. The first-order valence-corrected chi connectivity index (χ1v) is 6.93. The lowest BCUT2D eigenvalue weighted by atomic mass is 9.86. The number of aliphatic hydroxyl groups is 1. The molecule has 2 heterocycles. The van der Waals surface area contributed by atoms with Gasteiger partial charge in [-0.15, -0.1) is 0 Å². The fourth-order valence-corrected chi connectivity index (χ4v) is 2.82. The summed E-state index contributed by atoms with van der Waals surface area (Å²) in [5, 5.41) is 9.11. The third-order valence-corrected chi connectivity index (χ3v) is 4.07. The molecule has 3 heteroatoms. The summed E-state index contributed by atoms with van der Waals surface area (Å²) in [6.45, 7) is 9.00. The minimum absolute atomic E-state index is 0.0730. The van der Waals surface area contributed by atoms with Crippen molar-refractivity contribution in [2.75, 3.05) is 18.0 Å². The molecule has 100 valence electrons. The largest absolute Gasteiger partial charge is 0.392 e. The van der Waals surface area contributed by atoms with Crippen molar-refractivity contribution >= 4 is 5.82 Å². The summed E-state index contributed by atoms with van der Waals surface area (Å²) >= 11 is 0. The number of pyridine rings is 1. The van der Waals surface area contributed by atoms with Gasteiger partial charge in [-0.3, -0.25) is 0 Å². The molecule has 0 spiro atoms. The Balaban J connectivity index is 2.05. The summed E-state index contributed by atoms with van der Waals surface area (Å²) in [4.78, 5) is 6.89. The first-order chi connectivity index (χ1) is 8.61. The van der Waals surface area contributed by atoms with Crippen LogP contribution in [-0.4, -0.2) is 23.2 Å². The van der Waals surface area contributed by atoms with Crippen molar-refractivity contribution in [1.82, 2.24) is 4.98 Å². The van der Waals surface area contributed by atoms with Crippen molar-refractivity contribution in [3.05, 3.63) is 23.4 Å². The average molecular weight is 248 g/mol. The number of anilines is 1. The molecule has 0 radical (unpaired) electrons. The zero-order chi connectivity index (χ0) is 13.1. The summed E-state index contributed by atoms with van der Waals surface area (Å²) in [7, 11) is 0. The standard InChI is InChI=1S/C15H24N2O/c1-11(2)14-4-6-17(7-5-14)15-12(3)8-13(10-18)9-16-15/h8-9,11,14,18H,4-7,10H2,1-3H3. The zero-order valence-corrected chi connectivity index (χ0v) is 11.7. The Labute approximate surface area is 110 Å². The lowest BCUT2D eigenvalue weighted by Crippen LogP contribution is -2.36. The van der Waals surface area contributed by atoms with Crippen LogP contribution in [0.4, 0.5) is 5.82 Å². The van der Waals surface area contributed by atoms with Gasteiger partial charge >= 0.3 is 0 Å². The first kappa shape index (κ1) is 13.3. The minimum Gasteiger partial charge on any atom is -0.392 e. The molecule has 1 aromatic heterocycles. The third kappa shape index (κ3) is 2.83. The molecular formula is C15H24N2O. The molecule has 3 nitrogen and oxygen atoms in total. The summed E-state index contributed by atoms with van der Waals surface area (Å²) in [5.41, 5.74) is 2.07. The Bertz CT molecular complexity index is 395. The fraction of sp³-hybridized carbons (Fsp3) is 0.667. The van der Waals surface area contributed by atoms with Crippen molar-refractivity contribution in [3.63, 3.8) is 0 Å². The van der Waals surface area contributed by atoms with Gasteiger partial charge in [0.15, 0.2) is 0 Å². The van der Waals surface area contributed by atoms with Crippen LogP contribution in [0.5, 0.6) is 0 Å². The molecule has 1 saturated heterocycles. The van der Waals surface area contributed by atoms with Gasteiger partial charge in [-0.05, 0) is 48.8 Å². The molecule has 18 heavy (non-hydrogen) atoms. The SMILES string of the molecule is Cc1cc(CO)cnc1N1CCC(C(C)C)CC1. The van der Waals surface area contributed by atoms with E-state index < -0.39 is 0 Å². The third-order valence-electron chi connectivity index (χ3n) is 4.07. The van der Waals surface area contributed by atoms with E-state index in [0.717, 1.165) is 36.3 Å². The van der Waals surface area contributed by atoms with Crippen molar-refractivity contribution in [2.45, 2.75) is 40.2 Å². The number of hydrogen-bond donors (Lipinski definition) is 1. The van der Waals surface area contributed by atoms with Gasteiger partial charge in [-0.2, -0.15) is 0 Å². The van der Waals surface area contributed by atoms with E-state index in [1.807, 2.05) is 6.07 Å². The first-order valence-electron chi connectivity index (χ1n) is 6.93. The smallest absolute Gasteiger partial charge is 0.131 e. The van der Waals surface area contributed by atoms with Crippen LogP contribution in [0.1, 0.15) is 37.8 Å². The zero-order valence-electron chi connectivity index (χ0n) is 11.7. The number of aryl methyl sites for hydroxylation is 1. The number of nitrogens with zero attached hydrogens (tertiary/aromatic N) is 2. The van der Waals surface area contributed by atoms with Gasteiger partial charge in [0.1, 0.15) is 5.82 Å². The molecule has 0 unspecified atom stereocenters. The van der Waals surface area contributed by atoms with E-state index in [1.54, 1.807) is 6.20 Å². The molecule has 1 aliphatic heterocycles. The number of hydrogen-bond acceptors (Lipinski definition) is 3. The Morgan fingerprint density at radius 3 is 2.56 bits per heavy atom. The number of piperidine rings is 1. The number of aromatic nitrogens is 1. The van der Waals surface area contributed by atoms with Gasteiger partial charge in [0, 0.05) is 19.3 Å². The number of aliphatic hydroxyl groups excluding tert-OH is 1. The topological polar surface area (TPSA) is 36.4 Å². The lowest BCUT2D eigenvalue weighted by molar-refractivity contribution is 0.281. The van der Waals surface area contributed by atoms with Gasteiger partial charge in [0.05, 0.1) is 6.61 Å². The van der Waals surface area contributed by atoms with E-state index in [2.05, 4.69) is 30.7 Å². The highest BCUT2D eigenvalue weighted by Crippen LogP contribution is 2.28. The quantitative estimate of drug-likeness (QED) is 0.893. The maximum atomic E-state index is 9.11. The average Bonchev–Trinajstić information content (AvgIpc) is 2.38. The molecular weight excluding hydrogens is 224 g/mol. The van der Waals surface area contributed by atoms with E-state index in [4.69, 9.17) is 5.11 Å². The van der Waals surface area contributed by atoms with Crippen molar-refractivity contribution in [2.24, 2.45) is 11.8 Å². The fourth-order valence-electron chi connectivity index (χ4n) is 2.82. The molecule has 0 saturated carbocycles. The lowest BCUT2D eigenvalue weighted by Gasteiger charge is -2.35. The highest BCUT2D eigenvalue weighted by Gasteiger charge is 2.23. The highest BCUT2D eigenvalue weighted by molar-refractivity contribution is 5.47. The van der Waals surface area contributed by atoms with Gasteiger partial charge in [-0.1, -0.05) is 13.8 Å². The van der Waals surface area contributed by atoms with Crippen LogP contribution in [-0.2, 0) is 6.61 Å². The summed E-state index contributed by atoms with van der Waals surface area (Å²) in [6, 6.07) is 2.04. The monoisotopic (exact) mass is 248 g/mol. The van der Waals surface area contributed by atoms with Gasteiger partial charge in [0.25, 0.3) is 0 Å². The van der Waals surface area contributed by atoms with Crippen LogP contribution < -0.4 is 4.90 Å². The van der Waals surface area contributed by atoms with Crippen LogP contribution in [0.15, 0.2) is 12.3 Å².